The Balaban J connectivity index is 1.79. The van der Waals surface area contributed by atoms with E-state index in [2.05, 4.69) is 19.9 Å². The number of aromatic nitrogens is 4. The number of nitrogen functional groups attached to an aromatic ring is 1. The third-order valence-corrected chi connectivity index (χ3v) is 3.71. The van der Waals surface area contributed by atoms with Crippen LogP contribution >= 0.6 is 11.6 Å². The fraction of sp³-hybridized carbons (Fsp3) is 0.385. The van der Waals surface area contributed by atoms with Gasteiger partial charge in [0.25, 0.3) is 0 Å². The second-order valence-corrected chi connectivity index (χ2v) is 5.40. The number of nitrogens with two attached hydrogens (primary N) is 1. The Morgan fingerprint density at radius 1 is 1.32 bits per heavy atom. The van der Waals surface area contributed by atoms with Gasteiger partial charge >= 0.3 is 0 Å². The zero-order chi connectivity index (χ0) is 15.7. The molecule has 2 aromatic rings. The van der Waals surface area contributed by atoms with Gasteiger partial charge in [-0.3, -0.25) is 0 Å². The number of rotatable bonds is 2. The van der Waals surface area contributed by atoms with Crippen LogP contribution in [0.5, 0.6) is 0 Å². The van der Waals surface area contributed by atoms with Gasteiger partial charge in [-0.15, -0.1) is 0 Å². The van der Waals surface area contributed by atoms with Crippen LogP contribution in [-0.2, 0) is 0 Å². The van der Waals surface area contributed by atoms with Crippen LogP contribution in [0.4, 0.5) is 22.1 Å². The van der Waals surface area contributed by atoms with E-state index in [0.29, 0.717) is 31.4 Å². The molecule has 0 radical (unpaired) electrons. The second kappa shape index (κ2) is 5.88. The Bertz CT molecular complexity index is 663. The van der Waals surface area contributed by atoms with Crippen molar-refractivity contribution in [1.82, 2.24) is 19.9 Å². The highest BCUT2D eigenvalue weighted by Crippen LogP contribution is 2.23. The summed E-state index contributed by atoms with van der Waals surface area (Å²) in [5, 5.41) is 0.0629. The zero-order valence-electron chi connectivity index (χ0n) is 11.9. The molecule has 116 valence electrons. The van der Waals surface area contributed by atoms with Crippen molar-refractivity contribution < 1.29 is 4.39 Å². The van der Waals surface area contributed by atoms with E-state index in [1.165, 1.54) is 6.07 Å². The minimum absolute atomic E-state index is 0.0491. The predicted molar refractivity (Wildman–Crippen MR) is 82.5 cm³/mol. The summed E-state index contributed by atoms with van der Waals surface area (Å²) in [6.45, 7) is 3.80. The van der Waals surface area contributed by atoms with Gasteiger partial charge in [-0.2, -0.15) is 15.0 Å². The summed E-state index contributed by atoms with van der Waals surface area (Å²) in [5.74, 6) is 0.560. The summed E-state index contributed by atoms with van der Waals surface area (Å²) in [5.41, 5.74) is 5.61. The number of nitrogens with zero attached hydrogens (tertiary/aromatic N) is 6. The minimum Gasteiger partial charge on any atom is -0.368 e. The minimum atomic E-state index is -0.324. The van der Waals surface area contributed by atoms with E-state index in [1.54, 1.807) is 12.3 Å². The van der Waals surface area contributed by atoms with Crippen LogP contribution in [0.15, 0.2) is 18.3 Å². The number of hydrogen-bond acceptors (Lipinski definition) is 7. The van der Waals surface area contributed by atoms with Crippen LogP contribution in [-0.4, -0.2) is 45.6 Å². The van der Waals surface area contributed by atoms with Gasteiger partial charge in [0.1, 0.15) is 0 Å². The molecule has 3 rings (SSSR count). The topological polar surface area (TPSA) is 84.1 Å². The average Bonchev–Trinajstić information content (AvgIpc) is 2.46. The summed E-state index contributed by atoms with van der Waals surface area (Å²) in [6.07, 6.45) is 1.59. The Labute approximate surface area is 132 Å². The summed E-state index contributed by atoms with van der Waals surface area (Å²) in [4.78, 5) is 20.0. The van der Waals surface area contributed by atoms with Gasteiger partial charge in [-0.05, 0) is 30.7 Å². The molecule has 1 aliphatic heterocycles. The Hall–Kier alpha value is -2.22. The lowest BCUT2D eigenvalue weighted by atomic mass is 10.2. The fourth-order valence-electron chi connectivity index (χ4n) is 2.54. The van der Waals surface area contributed by atoms with Crippen molar-refractivity contribution in [3.05, 3.63) is 29.4 Å². The van der Waals surface area contributed by atoms with Gasteiger partial charge in [-0.1, -0.05) is 0 Å². The lowest BCUT2D eigenvalue weighted by Gasteiger charge is -2.40. The number of anilines is 3. The lowest BCUT2D eigenvalue weighted by molar-refractivity contribution is 0.523. The summed E-state index contributed by atoms with van der Waals surface area (Å²) in [6, 6.07) is 3.04. The van der Waals surface area contributed by atoms with E-state index in [0.717, 1.165) is 0 Å². The highest BCUT2D eigenvalue weighted by Gasteiger charge is 2.28. The molecule has 0 amide bonds. The molecule has 0 saturated carbocycles. The average molecular weight is 324 g/mol. The van der Waals surface area contributed by atoms with Crippen LogP contribution in [0.2, 0.25) is 5.28 Å². The Morgan fingerprint density at radius 2 is 2.14 bits per heavy atom. The first-order chi connectivity index (χ1) is 10.5. The largest absolute Gasteiger partial charge is 0.368 e. The molecule has 0 spiro atoms. The van der Waals surface area contributed by atoms with Crippen molar-refractivity contribution in [1.29, 1.82) is 0 Å². The smallest absolute Gasteiger partial charge is 0.231 e. The Kier molecular flexibility index (Phi) is 3.93. The van der Waals surface area contributed by atoms with Crippen molar-refractivity contribution in [3.63, 3.8) is 0 Å². The lowest BCUT2D eigenvalue weighted by Crippen LogP contribution is -2.53. The standard InChI is InChI=1S/C13H15ClFN7/c1-8-7-21(10-9(15)3-2-4-17-10)5-6-22(8)13-19-11(14)18-12(16)20-13/h2-4,8H,5-7H2,1H3,(H2,16,18,19,20). The molecule has 0 aromatic carbocycles. The van der Waals surface area contributed by atoms with E-state index in [4.69, 9.17) is 17.3 Å². The molecule has 7 nitrogen and oxygen atoms in total. The highest BCUT2D eigenvalue weighted by atomic mass is 35.5. The number of hydrogen-bond donors (Lipinski definition) is 1. The third-order valence-electron chi connectivity index (χ3n) is 3.54. The molecular weight excluding hydrogens is 309 g/mol. The highest BCUT2D eigenvalue weighted by molar-refractivity contribution is 6.28. The molecule has 1 atom stereocenters. The first-order valence-corrected chi connectivity index (χ1v) is 7.21. The van der Waals surface area contributed by atoms with Crippen LogP contribution in [0.1, 0.15) is 6.92 Å². The normalized spacial score (nSPS) is 18.6. The second-order valence-electron chi connectivity index (χ2n) is 5.06. The third kappa shape index (κ3) is 2.87. The van der Waals surface area contributed by atoms with Crippen LogP contribution in [0, 0.1) is 5.82 Å². The van der Waals surface area contributed by atoms with Gasteiger partial charge in [-0.25, -0.2) is 9.37 Å². The maximum Gasteiger partial charge on any atom is 0.231 e. The summed E-state index contributed by atoms with van der Waals surface area (Å²) >= 11 is 5.82. The number of halogens is 2. The zero-order valence-corrected chi connectivity index (χ0v) is 12.7. The molecule has 1 saturated heterocycles. The fourth-order valence-corrected chi connectivity index (χ4v) is 2.70. The molecular formula is C13H15ClFN7. The molecule has 2 N–H and O–H groups in total. The van der Waals surface area contributed by atoms with Gasteiger partial charge < -0.3 is 15.5 Å². The van der Waals surface area contributed by atoms with E-state index in [1.807, 2.05) is 16.7 Å². The van der Waals surface area contributed by atoms with Crippen molar-refractivity contribution in [2.24, 2.45) is 0 Å². The van der Waals surface area contributed by atoms with Gasteiger partial charge in [0, 0.05) is 31.9 Å². The van der Waals surface area contributed by atoms with Gasteiger partial charge in [0.2, 0.25) is 17.2 Å². The molecule has 0 aliphatic carbocycles. The van der Waals surface area contributed by atoms with E-state index < -0.39 is 0 Å². The molecule has 1 unspecified atom stereocenters. The number of piperazine rings is 1. The SMILES string of the molecule is CC1CN(c2ncccc2F)CCN1c1nc(N)nc(Cl)n1. The van der Waals surface area contributed by atoms with Gasteiger partial charge in [0.15, 0.2) is 11.6 Å². The van der Waals surface area contributed by atoms with E-state index in [-0.39, 0.29) is 23.1 Å². The van der Waals surface area contributed by atoms with E-state index in [9.17, 15) is 4.39 Å². The molecule has 3 heterocycles. The predicted octanol–water partition coefficient (Wildman–Crippen LogP) is 1.36. The van der Waals surface area contributed by atoms with Crippen LogP contribution in [0.3, 0.4) is 0 Å². The molecule has 2 aromatic heterocycles. The summed E-state index contributed by atoms with van der Waals surface area (Å²) < 4.78 is 13.8. The van der Waals surface area contributed by atoms with Crippen molar-refractivity contribution >= 4 is 29.3 Å². The van der Waals surface area contributed by atoms with Crippen LogP contribution in [0.25, 0.3) is 0 Å². The first kappa shape index (κ1) is 14.7. The monoisotopic (exact) mass is 323 g/mol. The number of pyridine rings is 1. The van der Waals surface area contributed by atoms with E-state index >= 15 is 0 Å². The molecule has 9 heteroatoms. The van der Waals surface area contributed by atoms with Crippen molar-refractivity contribution in [3.8, 4) is 0 Å². The summed E-state index contributed by atoms with van der Waals surface area (Å²) in [7, 11) is 0. The molecule has 1 aliphatic rings. The van der Waals surface area contributed by atoms with Crippen molar-refractivity contribution in [2.45, 2.75) is 13.0 Å². The first-order valence-electron chi connectivity index (χ1n) is 6.84. The maximum absolute atomic E-state index is 13.8. The van der Waals surface area contributed by atoms with Gasteiger partial charge in [0.05, 0.1) is 0 Å². The van der Waals surface area contributed by atoms with Crippen molar-refractivity contribution in [2.75, 3.05) is 35.2 Å². The molecule has 0 bridgehead atoms. The Morgan fingerprint density at radius 3 is 2.82 bits per heavy atom. The quantitative estimate of drug-likeness (QED) is 0.893. The molecule has 1 fully saturated rings. The van der Waals surface area contributed by atoms with Crippen LogP contribution < -0.4 is 15.5 Å². The molecule has 22 heavy (non-hydrogen) atoms. The maximum atomic E-state index is 13.8.